The van der Waals surface area contributed by atoms with Gasteiger partial charge in [0.2, 0.25) is 0 Å². The van der Waals surface area contributed by atoms with E-state index in [-0.39, 0.29) is 3.57 Å². The first-order valence-electron chi connectivity index (χ1n) is 3.99. The molecular weight excluding hydrogens is 413 g/mol. The minimum absolute atomic E-state index is 0.202. The smallest absolute Gasteiger partial charge is 0.492 e. The third-order valence-electron chi connectivity index (χ3n) is 1.57. The molecule has 0 N–H and O–H groups in total. The first-order chi connectivity index (χ1) is 8.06. The van der Waals surface area contributed by atoms with Crippen LogP contribution >= 0.6 is 33.3 Å². The standard InChI is InChI=1S/C7H4ClF3INO4S/c1-16-5-3(17-7(9,10)11)2-13-6(4(5)12)18(8,14)15/h2H,1H3. The van der Waals surface area contributed by atoms with Crippen molar-refractivity contribution >= 4 is 42.3 Å². The largest absolute Gasteiger partial charge is 0.573 e. The third kappa shape index (κ3) is 3.75. The first-order valence-corrected chi connectivity index (χ1v) is 7.38. The summed E-state index contributed by atoms with van der Waals surface area (Å²) in [7, 11) is 1.94. The van der Waals surface area contributed by atoms with E-state index in [1.165, 1.54) is 22.6 Å². The van der Waals surface area contributed by atoms with Gasteiger partial charge in [-0.1, -0.05) is 0 Å². The maximum atomic E-state index is 12.1. The molecule has 18 heavy (non-hydrogen) atoms. The van der Waals surface area contributed by atoms with E-state index in [1.807, 2.05) is 0 Å². The number of pyridine rings is 1. The minimum atomic E-state index is -4.95. The Balaban J connectivity index is 3.39. The van der Waals surface area contributed by atoms with Crippen molar-refractivity contribution in [1.82, 2.24) is 4.98 Å². The number of methoxy groups -OCH3 is 1. The fraction of sp³-hybridized carbons (Fsp3) is 0.286. The van der Waals surface area contributed by atoms with Crippen molar-refractivity contribution in [2.75, 3.05) is 7.11 Å². The van der Waals surface area contributed by atoms with Gasteiger partial charge in [0, 0.05) is 10.7 Å². The molecule has 0 unspecified atom stereocenters. The summed E-state index contributed by atoms with van der Waals surface area (Å²) >= 11 is 1.44. The molecule has 1 rings (SSSR count). The molecule has 1 heterocycles. The van der Waals surface area contributed by atoms with Crippen molar-refractivity contribution in [3.63, 3.8) is 0 Å². The number of nitrogens with zero attached hydrogens (tertiary/aromatic N) is 1. The molecule has 0 saturated heterocycles. The predicted octanol–water partition coefficient (Wildman–Crippen LogP) is 2.52. The van der Waals surface area contributed by atoms with Gasteiger partial charge in [-0.05, 0) is 22.6 Å². The van der Waals surface area contributed by atoms with Crippen LogP contribution in [0.25, 0.3) is 0 Å². The van der Waals surface area contributed by atoms with Crippen LogP contribution in [0.2, 0.25) is 0 Å². The average molecular weight is 418 g/mol. The molecule has 0 bridgehead atoms. The molecule has 1 aromatic heterocycles. The number of hydrogen-bond acceptors (Lipinski definition) is 5. The molecule has 0 atom stereocenters. The van der Waals surface area contributed by atoms with Crippen molar-refractivity contribution in [2.24, 2.45) is 0 Å². The van der Waals surface area contributed by atoms with Crippen LogP contribution in [0, 0.1) is 3.57 Å². The number of aromatic nitrogens is 1. The summed E-state index contributed by atoms with van der Waals surface area (Å²) in [6, 6.07) is 0. The Morgan fingerprint density at radius 2 is 2.00 bits per heavy atom. The van der Waals surface area contributed by atoms with Crippen molar-refractivity contribution in [3.8, 4) is 11.5 Å². The van der Waals surface area contributed by atoms with Crippen molar-refractivity contribution in [2.45, 2.75) is 11.4 Å². The summed E-state index contributed by atoms with van der Waals surface area (Å²) in [5.74, 6) is -1.17. The molecule has 11 heteroatoms. The highest BCUT2D eigenvalue weighted by molar-refractivity contribution is 14.1. The molecule has 0 spiro atoms. The van der Waals surface area contributed by atoms with E-state index < -0.39 is 31.9 Å². The molecule has 0 aromatic carbocycles. The molecule has 0 radical (unpaired) electrons. The van der Waals surface area contributed by atoms with Gasteiger partial charge < -0.3 is 9.47 Å². The van der Waals surface area contributed by atoms with Crippen LogP contribution in [0.15, 0.2) is 11.2 Å². The maximum absolute atomic E-state index is 12.1. The van der Waals surface area contributed by atoms with Crippen molar-refractivity contribution in [1.29, 1.82) is 0 Å². The first kappa shape index (κ1) is 15.6. The Bertz CT molecular complexity index is 563. The fourth-order valence-electron chi connectivity index (χ4n) is 0.995. The van der Waals surface area contributed by atoms with E-state index in [4.69, 9.17) is 10.7 Å². The number of rotatable bonds is 3. The lowest BCUT2D eigenvalue weighted by atomic mass is 10.4. The Morgan fingerprint density at radius 3 is 2.39 bits per heavy atom. The topological polar surface area (TPSA) is 65.5 Å². The van der Waals surface area contributed by atoms with Gasteiger partial charge in [0.1, 0.15) is 0 Å². The van der Waals surface area contributed by atoms with Gasteiger partial charge >= 0.3 is 6.36 Å². The van der Waals surface area contributed by atoms with E-state index in [1.54, 1.807) is 0 Å². The molecule has 0 amide bonds. The Hall–Kier alpha value is -0.490. The van der Waals surface area contributed by atoms with Gasteiger partial charge in [-0.15, -0.1) is 13.2 Å². The van der Waals surface area contributed by atoms with E-state index in [2.05, 4.69) is 14.5 Å². The molecule has 0 aliphatic rings. The quantitative estimate of drug-likeness (QED) is 0.559. The maximum Gasteiger partial charge on any atom is 0.573 e. The molecule has 0 aliphatic carbocycles. The fourth-order valence-corrected chi connectivity index (χ4v) is 3.72. The Kier molecular flexibility index (Phi) is 4.54. The normalized spacial score (nSPS) is 12.3. The summed E-state index contributed by atoms with van der Waals surface area (Å²) in [6.45, 7) is 0. The summed E-state index contributed by atoms with van der Waals surface area (Å²) in [5.41, 5.74) is 0. The Morgan fingerprint density at radius 1 is 1.44 bits per heavy atom. The second-order valence-electron chi connectivity index (χ2n) is 2.76. The number of alkyl halides is 3. The third-order valence-corrected chi connectivity index (χ3v) is 4.15. The molecular formula is C7H4ClF3INO4S. The molecule has 0 saturated carbocycles. The number of halogens is 5. The van der Waals surface area contributed by atoms with Gasteiger partial charge in [-0.25, -0.2) is 13.4 Å². The molecule has 1 aromatic rings. The zero-order valence-corrected chi connectivity index (χ0v) is 12.2. The molecule has 0 aliphatic heterocycles. The van der Waals surface area contributed by atoms with Crippen LogP contribution in [0.5, 0.6) is 11.5 Å². The van der Waals surface area contributed by atoms with Crippen molar-refractivity contribution < 1.29 is 31.1 Å². The van der Waals surface area contributed by atoms with Gasteiger partial charge in [0.25, 0.3) is 9.05 Å². The summed E-state index contributed by atoms with van der Waals surface area (Å²) in [4.78, 5) is 3.31. The molecule has 102 valence electrons. The van der Waals surface area contributed by atoms with Gasteiger partial charge in [0.15, 0.2) is 16.5 Å². The minimum Gasteiger partial charge on any atom is -0.492 e. The summed E-state index contributed by atoms with van der Waals surface area (Å²) in [6.07, 6.45) is -4.37. The molecule has 0 fully saturated rings. The number of ether oxygens (including phenoxy) is 2. The molecule has 5 nitrogen and oxygen atoms in total. The zero-order valence-electron chi connectivity index (χ0n) is 8.46. The van der Waals surface area contributed by atoms with Gasteiger partial charge in [0.05, 0.1) is 16.9 Å². The second kappa shape index (κ2) is 5.25. The van der Waals surface area contributed by atoms with Crippen LogP contribution in [0.4, 0.5) is 13.2 Å². The lowest BCUT2D eigenvalue weighted by Crippen LogP contribution is -2.18. The van der Waals surface area contributed by atoms with E-state index in [9.17, 15) is 21.6 Å². The van der Waals surface area contributed by atoms with Crippen LogP contribution in [0.3, 0.4) is 0 Å². The van der Waals surface area contributed by atoms with Gasteiger partial charge in [-0.2, -0.15) is 0 Å². The highest BCUT2D eigenvalue weighted by Crippen LogP contribution is 2.38. The Labute approximate surface area is 118 Å². The zero-order chi connectivity index (χ0) is 14.1. The lowest BCUT2D eigenvalue weighted by molar-refractivity contribution is -0.275. The average Bonchev–Trinajstić information content (AvgIpc) is 2.13. The predicted molar refractivity (Wildman–Crippen MR) is 63.2 cm³/mol. The van der Waals surface area contributed by atoms with Crippen LogP contribution in [-0.2, 0) is 9.05 Å². The summed E-state index contributed by atoms with van der Waals surface area (Å²) < 4.78 is 66.5. The number of hydrogen-bond donors (Lipinski definition) is 0. The lowest BCUT2D eigenvalue weighted by Gasteiger charge is -2.14. The highest BCUT2D eigenvalue weighted by Gasteiger charge is 2.34. The monoisotopic (exact) mass is 417 g/mol. The second-order valence-corrected chi connectivity index (χ2v) is 6.32. The van der Waals surface area contributed by atoms with Crippen molar-refractivity contribution in [3.05, 3.63) is 9.77 Å². The van der Waals surface area contributed by atoms with E-state index in [0.29, 0.717) is 6.20 Å². The van der Waals surface area contributed by atoms with Crippen LogP contribution < -0.4 is 9.47 Å². The highest BCUT2D eigenvalue weighted by atomic mass is 127. The van der Waals surface area contributed by atoms with E-state index in [0.717, 1.165) is 7.11 Å². The summed E-state index contributed by atoms with van der Waals surface area (Å²) in [5, 5.41) is -0.601. The van der Waals surface area contributed by atoms with Gasteiger partial charge in [-0.3, -0.25) is 0 Å². The van der Waals surface area contributed by atoms with Crippen LogP contribution in [-0.4, -0.2) is 26.9 Å². The van der Waals surface area contributed by atoms with E-state index >= 15 is 0 Å². The SMILES string of the molecule is COc1c(OC(F)(F)F)cnc(S(=O)(=O)Cl)c1I. The van der Waals surface area contributed by atoms with Crippen LogP contribution in [0.1, 0.15) is 0 Å².